The van der Waals surface area contributed by atoms with Gasteiger partial charge in [-0.3, -0.25) is 4.79 Å². The number of piperidine rings is 1. The molecule has 0 aromatic heterocycles. The molecule has 9 heteroatoms. The van der Waals surface area contributed by atoms with E-state index in [2.05, 4.69) is 19.2 Å². The highest BCUT2D eigenvalue weighted by molar-refractivity contribution is 7.88. The van der Waals surface area contributed by atoms with Gasteiger partial charge in [-0.25, -0.2) is 12.7 Å². The van der Waals surface area contributed by atoms with Gasteiger partial charge in [-0.1, -0.05) is 55.2 Å². The van der Waals surface area contributed by atoms with Crippen molar-refractivity contribution in [2.75, 3.05) is 20.2 Å². The van der Waals surface area contributed by atoms with Crippen LogP contribution in [0.5, 0.6) is 5.75 Å². The number of halogens is 2. The second-order valence-corrected chi connectivity index (χ2v) is 11.9. The van der Waals surface area contributed by atoms with Crippen molar-refractivity contribution in [3.8, 4) is 5.75 Å². The van der Waals surface area contributed by atoms with Crippen molar-refractivity contribution in [1.29, 1.82) is 0 Å². The van der Waals surface area contributed by atoms with E-state index in [1.54, 1.807) is 25.3 Å². The number of nitrogens with one attached hydrogen (secondary N) is 1. The van der Waals surface area contributed by atoms with Gasteiger partial charge in [-0.2, -0.15) is 0 Å². The molecule has 6 nitrogen and oxygen atoms in total. The van der Waals surface area contributed by atoms with E-state index in [-0.39, 0.29) is 23.6 Å². The second kappa shape index (κ2) is 11.8. The Balaban J connectivity index is 1.60. The molecule has 1 amide bonds. The van der Waals surface area contributed by atoms with Crippen molar-refractivity contribution in [3.63, 3.8) is 0 Å². The number of rotatable bonds is 9. The van der Waals surface area contributed by atoms with Gasteiger partial charge in [0.1, 0.15) is 5.75 Å². The number of hydrogen-bond acceptors (Lipinski definition) is 4. The van der Waals surface area contributed by atoms with Gasteiger partial charge in [-0.15, -0.1) is 0 Å². The number of nitrogens with zero attached hydrogens (tertiary/aromatic N) is 1. The summed E-state index contributed by atoms with van der Waals surface area (Å²) >= 11 is 12.0. The number of benzene rings is 2. The van der Waals surface area contributed by atoms with Gasteiger partial charge < -0.3 is 10.1 Å². The van der Waals surface area contributed by atoms with Gasteiger partial charge in [-0.05, 0) is 60.6 Å². The van der Waals surface area contributed by atoms with Crippen LogP contribution in [0.3, 0.4) is 0 Å². The lowest BCUT2D eigenvalue weighted by atomic mass is 9.93. The maximum Gasteiger partial charge on any atom is 0.223 e. The Morgan fingerprint density at radius 1 is 1.09 bits per heavy atom. The smallest absolute Gasteiger partial charge is 0.223 e. The first-order valence-corrected chi connectivity index (χ1v) is 13.8. The van der Waals surface area contributed by atoms with E-state index >= 15 is 0 Å². The normalized spacial score (nSPS) is 16.4. The fourth-order valence-electron chi connectivity index (χ4n) is 4.20. The molecular formula is C25H32Cl2N2O4S. The van der Waals surface area contributed by atoms with Crippen LogP contribution in [0.2, 0.25) is 10.0 Å². The molecule has 0 aliphatic carbocycles. The molecule has 2 aromatic rings. The van der Waals surface area contributed by atoms with Gasteiger partial charge in [0, 0.05) is 19.0 Å². The van der Waals surface area contributed by atoms with E-state index in [1.165, 1.54) is 4.31 Å². The molecule has 1 heterocycles. The molecule has 1 atom stereocenters. The van der Waals surface area contributed by atoms with Crippen LogP contribution >= 0.6 is 23.2 Å². The van der Waals surface area contributed by atoms with Crippen LogP contribution in [0.25, 0.3) is 0 Å². The first-order valence-electron chi connectivity index (χ1n) is 11.4. The Morgan fingerprint density at radius 2 is 1.74 bits per heavy atom. The lowest BCUT2D eigenvalue weighted by Gasteiger charge is -2.32. The summed E-state index contributed by atoms with van der Waals surface area (Å²) in [5.41, 5.74) is 1.62. The highest BCUT2D eigenvalue weighted by Gasteiger charge is 2.32. The first-order chi connectivity index (χ1) is 16.1. The molecule has 1 saturated heterocycles. The maximum atomic E-state index is 13.1. The summed E-state index contributed by atoms with van der Waals surface area (Å²) in [6.45, 7) is 4.89. The largest absolute Gasteiger partial charge is 0.497 e. The average molecular weight is 528 g/mol. The summed E-state index contributed by atoms with van der Waals surface area (Å²) < 4.78 is 32.5. The number of methoxy groups -OCH3 is 1. The minimum Gasteiger partial charge on any atom is -0.497 e. The summed E-state index contributed by atoms with van der Waals surface area (Å²) in [6, 6.07) is 12.5. The van der Waals surface area contributed by atoms with Crippen LogP contribution in [0.4, 0.5) is 0 Å². The molecule has 0 bridgehead atoms. The molecule has 0 radical (unpaired) electrons. The zero-order valence-corrected chi connectivity index (χ0v) is 22.1. The van der Waals surface area contributed by atoms with Crippen molar-refractivity contribution >= 4 is 39.1 Å². The molecule has 3 rings (SSSR count). The number of sulfonamides is 1. The molecule has 0 spiro atoms. The molecule has 1 aliphatic heterocycles. The molecule has 2 aromatic carbocycles. The third-order valence-corrected chi connectivity index (χ3v) is 8.68. The first kappa shape index (κ1) is 26.8. The number of amides is 1. The summed E-state index contributed by atoms with van der Waals surface area (Å²) in [5, 5.41) is 3.92. The predicted molar refractivity (Wildman–Crippen MR) is 137 cm³/mol. The second-order valence-electron chi connectivity index (χ2n) is 9.14. The standard InChI is InChI=1S/C25H32Cl2N2O4S/c1-17(2)14-24(19-5-7-21(33-3)8-6-19)28-25(30)20-10-12-29(13-11-20)34(31,32)16-18-4-9-22(26)23(27)15-18/h4-9,15,17,20,24H,10-14,16H2,1-3H3,(H,28,30)/t24-/m1/s1. The third kappa shape index (κ3) is 7.11. The summed E-state index contributed by atoms with van der Waals surface area (Å²) in [6.07, 6.45) is 1.79. The number of ether oxygens (including phenoxy) is 1. The van der Waals surface area contributed by atoms with Crippen molar-refractivity contribution in [2.45, 2.75) is 44.9 Å². The minimum absolute atomic E-state index is 0.0250. The lowest BCUT2D eigenvalue weighted by Crippen LogP contribution is -2.44. The van der Waals surface area contributed by atoms with Crippen molar-refractivity contribution in [1.82, 2.24) is 9.62 Å². The Morgan fingerprint density at radius 3 is 2.29 bits per heavy atom. The highest BCUT2D eigenvalue weighted by atomic mass is 35.5. The Labute approximate surface area is 212 Å². The molecule has 1 aliphatic rings. The third-order valence-electron chi connectivity index (χ3n) is 6.09. The molecule has 1 fully saturated rings. The van der Waals surface area contributed by atoms with E-state index in [0.29, 0.717) is 47.5 Å². The molecule has 34 heavy (non-hydrogen) atoms. The molecule has 186 valence electrons. The number of carbonyl (C=O) groups is 1. The topological polar surface area (TPSA) is 75.7 Å². The summed E-state index contributed by atoms with van der Waals surface area (Å²) in [5.74, 6) is 0.787. The van der Waals surface area contributed by atoms with Crippen LogP contribution in [-0.4, -0.2) is 38.8 Å². The van der Waals surface area contributed by atoms with E-state index in [9.17, 15) is 13.2 Å². The van der Waals surface area contributed by atoms with E-state index < -0.39 is 10.0 Å². The fraction of sp³-hybridized carbons (Fsp3) is 0.480. The Bertz CT molecular complexity index is 1080. The van der Waals surface area contributed by atoms with E-state index in [1.807, 2.05) is 24.3 Å². The van der Waals surface area contributed by atoms with Crippen LogP contribution < -0.4 is 10.1 Å². The van der Waals surface area contributed by atoms with Crippen molar-refractivity contribution in [3.05, 3.63) is 63.6 Å². The van der Waals surface area contributed by atoms with Crippen LogP contribution in [0.1, 0.15) is 50.3 Å². The van der Waals surface area contributed by atoms with Crippen LogP contribution in [-0.2, 0) is 20.6 Å². The SMILES string of the molecule is COc1ccc([C@@H](CC(C)C)NC(=O)C2CCN(S(=O)(=O)Cc3ccc(Cl)c(Cl)c3)CC2)cc1. The van der Waals surface area contributed by atoms with Crippen LogP contribution in [0.15, 0.2) is 42.5 Å². The fourth-order valence-corrected chi connectivity index (χ4v) is 6.07. The Hall–Kier alpha value is -1.80. The minimum atomic E-state index is -3.52. The quantitative estimate of drug-likeness (QED) is 0.471. The zero-order chi connectivity index (χ0) is 24.9. The Kier molecular flexibility index (Phi) is 9.27. The number of carbonyl (C=O) groups excluding carboxylic acids is 1. The highest BCUT2D eigenvalue weighted by Crippen LogP contribution is 2.28. The molecule has 1 N–H and O–H groups in total. The number of hydrogen-bond donors (Lipinski definition) is 1. The maximum absolute atomic E-state index is 13.1. The monoisotopic (exact) mass is 526 g/mol. The summed E-state index contributed by atoms with van der Waals surface area (Å²) in [7, 11) is -1.89. The predicted octanol–water partition coefficient (Wildman–Crippen LogP) is 5.45. The van der Waals surface area contributed by atoms with Crippen LogP contribution in [0, 0.1) is 11.8 Å². The van der Waals surface area contributed by atoms with Crippen molar-refractivity contribution < 1.29 is 17.9 Å². The zero-order valence-electron chi connectivity index (χ0n) is 19.8. The molecular weight excluding hydrogens is 495 g/mol. The summed E-state index contributed by atoms with van der Waals surface area (Å²) in [4.78, 5) is 13.1. The molecule has 0 unspecified atom stereocenters. The van der Waals surface area contributed by atoms with Gasteiger partial charge >= 0.3 is 0 Å². The van der Waals surface area contributed by atoms with Crippen molar-refractivity contribution in [2.24, 2.45) is 11.8 Å². The van der Waals surface area contributed by atoms with Gasteiger partial charge in [0.25, 0.3) is 0 Å². The van der Waals surface area contributed by atoms with Gasteiger partial charge in [0.2, 0.25) is 15.9 Å². The van der Waals surface area contributed by atoms with E-state index in [0.717, 1.165) is 17.7 Å². The van der Waals surface area contributed by atoms with E-state index in [4.69, 9.17) is 27.9 Å². The van der Waals surface area contributed by atoms with Gasteiger partial charge in [0.15, 0.2) is 0 Å². The lowest BCUT2D eigenvalue weighted by molar-refractivity contribution is -0.127. The van der Waals surface area contributed by atoms with Gasteiger partial charge in [0.05, 0.1) is 28.9 Å². The molecule has 0 saturated carbocycles. The average Bonchev–Trinajstić information content (AvgIpc) is 2.80.